The van der Waals surface area contributed by atoms with Crippen LogP contribution in [0.2, 0.25) is 15.1 Å². The fourth-order valence-corrected chi connectivity index (χ4v) is 5.52. The molecule has 210 valence electrons. The van der Waals surface area contributed by atoms with Crippen molar-refractivity contribution in [3.63, 3.8) is 0 Å². The van der Waals surface area contributed by atoms with Crippen molar-refractivity contribution in [1.82, 2.24) is 0 Å². The molecule has 2 atom stereocenters. The average molecular weight is 658 g/mol. The number of anilines is 3. The van der Waals surface area contributed by atoms with Crippen molar-refractivity contribution in [3.8, 4) is 0 Å². The number of carbonyl (C=O) groups is 3. The van der Waals surface area contributed by atoms with Crippen molar-refractivity contribution >= 4 is 92.8 Å². The SMILES string of the molecule is O=C(Nc1ccc(F)c(NC(=O)C(F)F)c1F)c1cc(NC(=O)C2[C@H](c3cc(Cl)cc(Cl)c3)C2(Cl)Cl)ccc1Cl. The zero-order chi connectivity index (χ0) is 29.5. The summed E-state index contributed by atoms with van der Waals surface area (Å²) in [6.07, 6.45) is -3.54. The molecule has 0 radical (unpaired) electrons. The molecule has 1 saturated carbocycles. The maximum atomic E-state index is 14.7. The molecule has 1 unspecified atom stereocenters. The molecule has 15 heteroatoms. The highest BCUT2D eigenvalue weighted by atomic mass is 35.5. The van der Waals surface area contributed by atoms with Gasteiger partial charge in [0.2, 0.25) is 5.91 Å². The van der Waals surface area contributed by atoms with Crippen molar-refractivity contribution in [2.75, 3.05) is 16.0 Å². The van der Waals surface area contributed by atoms with Crippen molar-refractivity contribution in [3.05, 3.63) is 86.4 Å². The van der Waals surface area contributed by atoms with Gasteiger partial charge in [0.25, 0.3) is 11.8 Å². The Hall–Kier alpha value is -2.76. The van der Waals surface area contributed by atoms with Gasteiger partial charge in [-0.1, -0.05) is 34.8 Å². The van der Waals surface area contributed by atoms with E-state index in [0.29, 0.717) is 21.7 Å². The van der Waals surface area contributed by atoms with Crippen molar-refractivity contribution in [1.29, 1.82) is 0 Å². The van der Waals surface area contributed by atoms with E-state index >= 15 is 0 Å². The summed E-state index contributed by atoms with van der Waals surface area (Å²) >= 11 is 30.9. The lowest BCUT2D eigenvalue weighted by atomic mass is 10.1. The van der Waals surface area contributed by atoms with Gasteiger partial charge in [-0.15, -0.1) is 23.2 Å². The summed E-state index contributed by atoms with van der Waals surface area (Å²) in [5.74, 6) is -7.94. The van der Waals surface area contributed by atoms with E-state index in [9.17, 15) is 31.9 Å². The largest absolute Gasteiger partial charge is 0.326 e. The molecular formula is C25H14Cl5F4N3O3. The number of halogens is 9. The van der Waals surface area contributed by atoms with Crippen LogP contribution in [0.3, 0.4) is 0 Å². The van der Waals surface area contributed by atoms with Crippen molar-refractivity contribution < 1.29 is 31.9 Å². The van der Waals surface area contributed by atoms with Gasteiger partial charge in [-0.25, -0.2) is 8.78 Å². The Bertz CT molecular complexity index is 1520. The average Bonchev–Trinajstić information content (AvgIpc) is 3.45. The molecule has 4 rings (SSSR count). The zero-order valence-electron chi connectivity index (χ0n) is 19.5. The standard InChI is InChI=1S/C25H14Cl5F4N3O3/c26-10-5-9(6-11(27)7-10)17-18(25(17,29)30)23(39)35-12-1-2-14(28)13(8-12)22(38)36-16-4-3-15(31)20(19(16)32)37-24(40)21(33)34/h1-8,17-18,21H,(H,35,39)(H,36,38)(H,37,40)/t17-,18?/m0/s1. The van der Waals surface area contributed by atoms with Gasteiger partial charge in [-0.3, -0.25) is 14.4 Å². The lowest BCUT2D eigenvalue weighted by Gasteiger charge is -2.13. The molecule has 3 aromatic carbocycles. The van der Waals surface area contributed by atoms with Crippen LogP contribution in [0.15, 0.2) is 48.5 Å². The quantitative estimate of drug-likeness (QED) is 0.178. The molecule has 3 amide bonds. The van der Waals surface area contributed by atoms with Crippen LogP contribution in [0.25, 0.3) is 0 Å². The molecule has 3 N–H and O–H groups in total. The Morgan fingerprint density at radius 3 is 2.12 bits per heavy atom. The highest BCUT2D eigenvalue weighted by Gasteiger charge is 2.67. The molecule has 3 aromatic rings. The van der Waals surface area contributed by atoms with Gasteiger partial charge < -0.3 is 16.0 Å². The minimum atomic E-state index is -3.54. The van der Waals surface area contributed by atoms with E-state index in [4.69, 9.17) is 58.0 Å². The third-order valence-electron chi connectivity index (χ3n) is 5.84. The summed E-state index contributed by atoms with van der Waals surface area (Å²) < 4.78 is 52.3. The summed E-state index contributed by atoms with van der Waals surface area (Å²) in [5.41, 5.74) is -1.41. The van der Waals surface area contributed by atoms with E-state index in [-0.39, 0.29) is 16.3 Å². The van der Waals surface area contributed by atoms with Gasteiger partial charge in [0.1, 0.15) is 15.8 Å². The molecular weight excluding hydrogens is 644 g/mol. The highest BCUT2D eigenvalue weighted by Crippen LogP contribution is 2.65. The summed E-state index contributed by atoms with van der Waals surface area (Å²) in [7, 11) is 0. The lowest BCUT2D eigenvalue weighted by molar-refractivity contribution is -0.126. The maximum Gasteiger partial charge on any atom is 0.315 e. The second-order valence-electron chi connectivity index (χ2n) is 8.54. The normalized spacial score (nSPS) is 17.4. The Morgan fingerprint density at radius 1 is 0.850 bits per heavy atom. The second-order valence-corrected chi connectivity index (χ2v) is 11.3. The number of nitrogens with one attached hydrogen (secondary N) is 3. The summed E-state index contributed by atoms with van der Waals surface area (Å²) in [6.45, 7) is 0. The van der Waals surface area contributed by atoms with Crippen LogP contribution in [-0.4, -0.2) is 28.5 Å². The van der Waals surface area contributed by atoms with Gasteiger partial charge in [-0.2, -0.15) is 8.78 Å². The van der Waals surface area contributed by atoms with Crippen molar-refractivity contribution in [2.24, 2.45) is 5.92 Å². The van der Waals surface area contributed by atoms with Gasteiger partial charge in [0.15, 0.2) is 5.82 Å². The summed E-state index contributed by atoms with van der Waals surface area (Å²) in [5, 5.41) is 6.67. The molecule has 1 fully saturated rings. The van der Waals surface area contributed by atoms with Gasteiger partial charge in [0.05, 0.1) is 22.2 Å². The van der Waals surface area contributed by atoms with E-state index in [0.717, 1.165) is 6.07 Å². The van der Waals surface area contributed by atoms with Crippen LogP contribution in [0.1, 0.15) is 21.8 Å². The van der Waals surface area contributed by atoms with Crippen LogP contribution in [0.5, 0.6) is 0 Å². The number of carbonyl (C=O) groups excluding carboxylic acids is 3. The minimum absolute atomic E-state index is 0.0999. The molecule has 1 aliphatic carbocycles. The fourth-order valence-electron chi connectivity index (χ4n) is 3.95. The summed E-state index contributed by atoms with van der Waals surface area (Å²) in [4.78, 5) is 37.1. The van der Waals surface area contributed by atoms with E-state index in [1.54, 1.807) is 12.1 Å². The Morgan fingerprint density at radius 2 is 1.50 bits per heavy atom. The molecule has 0 heterocycles. The minimum Gasteiger partial charge on any atom is -0.326 e. The predicted molar refractivity (Wildman–Crippen MR) is 146 cm³/mol. The topological polar surface area (TPSA) is 87.3 Å². The Balaban J connectivity index is 1.52. The smallest absolute Gasteiger partial charge is 0.315 e. The second kappa shape index (κ2) is 11.6. The van der Waals surface area contributed by atoms with Crippen molar-refractivity contribution in [2.45, 2.75) is 16.7 Å². The molecule has 0 aliphatic heterocycles. The van der Waals surface area contributed by atoms with Crippen LogP contribution in [0, 0.1) is 17.6 Å². The van der Waals surface area contributed by atoms with E-state index in [2.05, 4.69) is 10.6 Å². The summed E-state index contributed by atoms with van der Waals surface area (Å²) in [6, 6.07) is 9.96. The van der Waals surface area contributed by atoms with Gasteiger partial charge in [0, 0.05) is 21.7 Å². The number of benzene rings is 3. The van der Waals surface area contributed by atoms with E-state index in [1.165, 1.54) is 29.6 Å². The van der Waals surface area contributed by atoms with Gasteiger partial charge >= 0.3 is 6.43 Å². The molecule has 40 heavy (non-hydrogen) atoms. The van der Waals surface area contributed by atoms with Crippen LogP contribution < -0.4 is 16.0 Å². The maximum absolute atomic E-state index is 14.7. The van der Waals surface area contributed by atoms with Gasteiger partial charge in [-0.05, 0) is 54.1 Å². The first-order chi connectivity index (χ1) is 18.7. The lowest BCUT2D eigenvalue weighted by Crippen LogP contribution is -2.22. The third-order valence-corrected chi connectivity index (χ3v) is 7.55. The zero-order valence-corrected chi connectivity index (χ0v) is 23.3. The first kappa shape index (κ1) is 30.2. The Kier molecular flexibility index (Phi) is 8.77. The first-order valence-corrected chi connectivity index (χ1v) is 12.9. The number of hydrogen-bond acceptors (Lipinski definition) is 3. The third kappa shape index (κ3) is 6.26. The first-order valence-electron chi connectivity index (χ1n) is 11.0. The van der Waals surface area contributed by atoms with Crippen LogP contribution >= 0.6 is 58.0 Å². The highest BCUT2D eigenvalue weighted by molar-refractivity contribution is 6.53. The number of rotatable bonds is 7. The monoisotopic (exact) mass is 655 g/mol. The van der Waals surface area contributed by atoms with Crippen LogP contribution in [-0.2, 0) is 9.59 Å². The molecule has 0 bridgehead atoms. The fraction of sp³-hybridized carbons (Fsp3) is 0.160. The number of alkyl halides is 4. The number of amides is 3. The number of hydrogen-bond donors (Lipinski definition) is 3. The van der Waals surface area contributed by atoms with E-state index < -0.39 is 63.3 Å². The molecule has 0 aromatic heterocycles. The predicted octanol–water partition coefficient (Wildman–Crippen LogP) is 7.91. The van der Waals surface area contributed by atoms with Crippen LogP contribution in [0.4, 0.5) is 34.6 Å². The molecule has 6 nitrogen and oxygen atoms in total. The van der Waals surface area contributed by atoms with E-state index in [1.807, 2.05) is 0 Å². The Labute approximate surface area is 248 Å². The molecule has 0 spiro atoms. The molecule has 0 saturated heterocycles. The molecule has 1 aliphatic rings.